The lowest BCUT2D eigenvalue weighted by atomic mass is 10.1. The molecule has 0 radical (unpaired) electrons. The zero-order valence-electron chi connectivity index (χ0n) is 12.6. The molecule has 1 amide bonds. The second-order valence-electron chi connectivity index (χ2n) is 6.00. The highest BCUT2D eigenvalue weighted by molar-refractivity contribution is 9.10. The maximum Gasteiger partial charge on any atom is 0.426 e. The summed E-state index contributed by atoms with van der Waals surface area (Å²) in [5.41, 5.74) is 0.125. The normalized spacial score (nSPS) is 20.9. The van der Waals surface area contributed by atoms with Gasteiger partial charge in [-0.15, -0.1) is 0 Å². The average Bonchev–Trinajstić information content (AvgIpc) is 2.65. The van der Waals surface area contributed by atoms with Gasteiger partial charge in [-0.1, -0.05) is 28.1 Å². The van der Waals surface area contributed by atoms with Crippen LogP contribution in [0.2, 0.25) is 0 Å². The Bertz CT molecular complexity index is 651. The second kappa shape index (κ2) is 6.17. The van der Waals surface area contributed by atoms with Crippen molar-refractivity contribution in [3.8, 4) is 0 Å². The first-order chi connectivity index (χ1) is 10.1. The van der Waals surface area contributed by atoms with E-state index in [0.717, 1.165) is 10.0 Å². The fraction of sp³-hybridized carbons (Fsp3) is 0.500. The molecule has 0 aliphatic carbocycles. The standard InChI is InChI=1S/C14H18BrNO5S/c1-14(2,3)21-13(17)16-12(9-20-22(16,18)19)8-10-4-6-11(15)7-5-10/h4-7,12H,8-9H2,1-3H3. The van der Waals surface area contributed by atoms with Crippen molar-refractivity contribution in [1.29, 1.82) is 0 Å². The highest BCUT2D eigenvalue weighted by Gasteiger charge is 2.44. The zero-order valence-corrected chi connectivity index (χ0v) is 15.0. The Kier molecular flexibility index (Phi) is 4.84. The molecule has 0 aromatic heterocycles. The third-order valence-electron chi connectivity index (χ3n) is 2.94. The molecule has 1 aromatic carbocycles. The van der Waals surface area contributed by atoms with E-state index in [9.17, 15) is 13.2 Å². The molecule has 0 N–H and O–H groups in total. The van der Waals surface area contributed by atoms with Crippen molar-refractivity contribution in [3.63, 3.8) is 0 Å². The zero-order chi connectivity index (χ0) is 16.5. The largest absolute Gasteiger partial charge is 0.443 e. The summed E-state index contributed by atoms with van der Waals surface area (Å²) in [6, 6.07) is 6.83. The number of carbonyl (C=O) groups is 1. The van der Waals surface area contributed by atoms with E-state index in [1.807, 2.05) is 24.3 Å². The molecule has 0 spiro atoms. The summed E-state index contributed by atoms with van der Waals surface area (Å²) in [6.45, 7) is 4.96. The summed E-state index contributed by atoms with van der Waals surface area (Å²) in [6.07, 6.45) is -0.543. The first kappa shape index (κ1) is 17.2. The summed E-state index contributed by atoms with van der Waals surface area (Å²) in [5.74, 6) is 0. The molecule has 1 aromatic rings. The predicted molar refractivity (Wildman–Crippen MR) is 84.6 cm³/mol. The van der Waals surface area contributed by atoms with Gasteiger partial charge >= 0.3 is 16.4 Å². The topological polar surface area (TPSA) is 72.9 Å². The van der Waals surface area contributed by atoms with Crippen molar-refractivity contribution >= 4 is 32.3 Å². The van der Waals surface area contributed by atoms with Crippen molar-refractivity contribution in [3.05, 3.63) is 34.3 Å². The second-order valence-corrected chi connectivity index (χ2v) is 8.40. The van der Waals surface area contributed by atoms with Gasteiger partial charge in [0.15, 0.2) is 0 Å². The number of rotatable bonds is 2. The van der Waals surface area contributed by atoms with Crippen molar-refractivity contribution in [1.82, 2.24) is 4.31 Å². The van der Waals surface area contributed by atoms with Gasteiger partial charge in [0.25, 0.3) is 0 Å². The molecular weight excluding hydrogens is 374 g/mol. The quantitative estimate of drug-likeness (QED) is 0.774. The van der Waals surface area contributed by atoms with Crippen LogP contribution in [0, 0.1) is 0 Å². The first-order valence-electron chi connectivity index (χ1n) is 6.75. The van der Waals surface area contributed by atoms with E-state index in [-0.39, 0.29) is 6.61 Å². The van der Waals surface area contributed by atoms with Crippen LogP contribution in [0.15, 0.2) is 28.7 Å². The fourth-order valence-corrected chi connectivity index (χ4v) is 3.48. The van der Waals surface area contributed by atoms with Crippen LogP contribution in [0.5, 0.6) is 0 Å². The lowest BCUT2D eigenvalue weighted by Crippen LogP contribution is -2.43. The number of hydrogen-bond donors (Lipinski definition) is 0. The number of carbonyl (C=O) groups excluding carboxylic acids is 1. The lowest BCUT2D eigenvalue weighted by molar-refractivity contribution is 0.0357. The summed E-state index contributed by atoms with van der Waals surface area (Å²) >= 11 is 3.34. The highest BCUT2D eigenvalue weighted by Crippen LogP contribution is 2.25. The summed E-state index contributed by atoms with van der Waals surface area (Å²) in [5, 5.41) is 0. The van der Waals surface area contributed by atoms with Crippen LogP contribution in [0.25, 0.3) is 0 Å². The Balaban J connectivity index is 2.19. The highest BCUT2D eigenvalue weighted by atomic mass is 79.9. The van der Waals surface area contributed by atoms with Gasteiger partial charge in [-0.2, -0.15) is 12.7 Å². The number of hydrogen-bond acceptors (Lipinski definition) is 5. The summed E-state index contributed by atoms with van der Waals surface area (Å²) in [7, 11) is -4.09. The minimum absolute atomic E-state index is 0.0718. The van der Waals surface area contributed by atoms with E-state index in [2.05, 4.69) is 15.9 Å². The molecule has 1 heterocycles. The molecule has 1 aliphatic rings. The predicted octanol–water partition coefficient (Wildman–Crippen LogP) is 2.87. The molecule has 2 rings (SSSR count). The van der Waals surface area contributed by atoms with Crippen LogP contribution in [0.3, 0.4) is 0 Å². The van der Waals surface area contributed by atoms with E-state index in [1.54, 1.807) is 20.8 Å². The molecule has 1 saturated heterocycles. The maximum absolute atomic E-state index is 12.2. The van der Waals surface area contributed by atoms with E-state index < -0.39 is 28.0 Å². The summed E-state index contributed by atoms with van der Waals surface area (Å²) < 4.78 is 35.4. The van der Waals surface area contributed by atoms with Gasteiger partial charge < -0.3 is 4.74 Å². The van der Waals surface area contributed by atoms with E-state index in [1.165, 1.54) is 0 Å². The third kappa shape index (κ3) is 4.21. The van der Waals surface area contributed by atoms with Crippen molar-refractivity contribution in [2.24, 2.45) is 0 Å². The number of ether oxygens (including phenoxy) is 1. The third-order valence-corrected chi connectivity index (χ3v) is 4.83. The van der Waals surface area contributed by atoms with E-state index >= 15 is 0 Å². The van der Waals surface area contributed by atoms with Gasteiger partial charge in [0.2, 0.25) is 0 Å². The number of amides is 1. The van der Waals surface area contributed by atoms with Crippen LogP contribution in [-0.4, -0.2) is 37.1 Å². The summed E-state index contributed by atoms with van der Waals surface area (Å²) in [4.78, 5) is 12.2. The number of benzene rings is 1. The molecule has 0 bridgehead atoms. The van der Waals surface area contributed by atoms with Crippen LogP contribution in [0.4, 0.5) is 4.79 Å². The molecule has 0 saturated carbocycles. The van der Waals surface area contributed by atoms with Crippen LogP contribution < -0.4 is 0 Å². The fourth-order valence-electron chi connectivity index (χ4n) is 2.05. The van der Waals surface area contributed by atoms with Crippen LogP contribution in [0.1, 0.15) is 26.3 Å². The SMILES string of the molecule is CC(C)(C)OC(=O)N1C(Cc2ccc(Br)cc2)COS1(=O)=O. The molecule has 6 nitrogen and oxygen atoms in total. The lowest BCUT2D eigenvalue weighted by Gasteiger charge is -2.25. The van der Waals surface area contributed by atoms with Crippen molar-refractivity contribution in [2.45, 2.75) is 38.8 Å². The van der Waals surface area contributed by atoms with Gasteiger partial charge in [0.1, 0.15) is 5.60 Å². The number of nitrogens with zero attached hydrogens (tertiary/aromatic N) is 1. The van der Waals surface area contributed by atoms with Crippen LogP contribution >= 0.6 is 15.9 Å². The Labute approximate surface area is 138 Å². The molecule has 8 heteroatoms. The minimum atomic E-state index is -4.09. The van der Waals surface area contributed by atoms with Gasteiger partial charge in [-0.05, 0) is 44.9 Å². The van der Waals surface area contributed by atoms with Gasteiger partial charge in [-0.25, -0.2) is 4.79 Å². The molecule has 1 atom stereocenters. The number of halogens is 1. The Morgan fingerprint density at radius 1 is 1.36 bits per heavy atom. The molecule has 122 valence electrons. The van der Waals surface area contributed by atoms with Crippen molar-refractivity contribution < 1.29 is 22.1 Å². The Hall–Kier alpha value is -1.12. The van der Waals surface area contributed by atoms with Gasteiger partial charge in [0.05, 0.1) is 12.6 Å². The molecule has 1 aliphatic heterocycles. The Morgan fingerprint density at radius 3 is 2.50 bits per heavy atom. The van der Waals surface area contributed by atoms with E-state index in [4.69, 9.17) is 8.92 Å². The maximum atomic E-state index is 12.2. The molecular formula is C14H18BrNO5S. The molecule has 1 unspecified atom stereocenters. The van der Waals surface area contributed by atoms with Gasteiger partial charge in [0, 0.05) is 4.47 Å². The van der Waals surface area contributed by atoms with Gasteiger partial charge in [-0.3, -0.25) is 4.18 Å². The Morgan fingerprint density at radius 2 is 1.95 bits per heavy atom. The molecule has 1 fully saturated rings. The van der Waals surface area contributed by atoms with Crippen molar-refractivity contribution in [2.75, 3.05) is 6.61 Å². The first-order valence-corrected chi connectivity index (χ1v) is 8.90. The smallest absolute Gasteiger partial charge is 0.426 e. The average molecular weight is 392 g/mol. The monoisotopic (exact) mass is 391 g/mol. The minimum Gasteiger partial charge on any atom is -0.443 e. The van der Waals surface area contributed by atoms with E-state index in [0.29, 0.717) is 10.7 Å². The molecule has 22 heavy (non-hydrogen) atoms. The van der Waals surface area contributed by atoms with Crippen LogP contribution in [-0.2, 0) is 25.6 Å².